The van der Waals surface area contributed by atoms with Crippen molar-refractivity contribution in [2.45, 2.75) is 195 Å². The van der Waals surface area contributed by atoms with E-state index in [2.05, 4.69) is 108 Å². The molecule has 0 atom stereocenters. The van der Waals surface area contributed by atoms with E-state index in [1.54, 1.807) is 27.9 Å². The lowest BCUT2D eigenvalue weighted by Gasteiger charge is -2.40. The Balaban J connectivity index is 0.000000113. The van der Waals surface area contributed by atoms with Gasteiger partial charge in [-0.05, 0) is 126 Å². The van der Waals surface area contributed by atoms with Gasteiger partial charge in [-0.15, -0.1) is 5.10 Å². The average Bonchev–Trinajstić information content (AvgIpc) is 1.58. The lowest BCUT2D eigenvalue weighted by Crippen LogP contribution is -2.49. The van der Waals surface area contributed by atoms with Crippen molar-refractivity contribution in [2.24, 2.45) is 9.98 Å². The number of carbonyl (C=O) groups excluding carboxylic acids is 1. The van der Waals surface area contributed by atoms with Gasteiger partial charge < -0.3 is 44.9 Å². The highest BCUT2D eigenvalue weighted by atomic mass is 16.5. The first-order valence-electron chi connectivity index (χ1n) is 42.0. The molecule has 9 aliphatic heterocycles. The molecule has 0 aromatic carbocycles. The van der Waals surface area contributed by atoms with E-state index in [1.165, 1.54) is 126 Å². The van der Waals surface area contributed by atoms with Crippen molar-refractivity contribution in [1.29, 1.82) is 0 Å². The molecular weight excluding hydrogens is 1410 g/mol. The molecule has 3 saturated carbocycles. The summed E-state index contributed by atoms with van der Waals surface area (Å²) in [5, 5.41) is 19.2. The molecule has 6 saturated heterocycles. The summed E-state index contributed by atoms with van der Waals surface area (Å²) in [7, 11) is 0. The van der Waals surface area contributed by atoms with Crippen LogP contribution in [0.15, 0.2) is 83.7 Å². The Hall–Kier alpha value is -9.33. The lowest BCUT2D eigenvalue weighted by atomic mass is 9.67. The van der Waals surface area contributed by atoms with Crippen LogP contribution in [0.3, 0.4) is 0 Å². The van der Waals surface area contributed by atoms with E-state index in [0.717, 1.165) is 220 Å². The predicted molar refractivity (Wildman–Crippen MR) is 433 cm³/mol. The van der Waals surface area contributed by atoms with E-state index < -0.39 is 0 Å². The first-order chi connectivity index (χ1) is 55.2. The molecule has 3 aliphatic carbocycles. The van der Waals surface area contributed by atoms with Gasteiger partial charge in [0.1, 0.15) is 40.3 Å². The Labute approximate surface area is 653 Å². The fraction of sp³-hybridized carbons (Fsp3) is 0.598. The average molecular weight is 1520 g/mol. The van der Waals surface area contributed by atoms with Gasteiger partial charge in [0.05, 0.1) is 104 Å². The third-order valence-corrected chi connectivity index (χ3v) is 26.6. The SMILES string of the molecule is C1=Nc2nc3cnc(Nc4ccc(N5CCC(N6CCOCC6)CC5)cn4)nc3n2C2(C1)CCCCC2.C1=Nc2nn3cnc(Nc4ccc(N5CCC(N6CCOCC6)CC5)cn4)nc3c2C2(C1)CCCCC2.O=C1CCC2(CCCCC2)c2c3nc(Nc4ccc(N5CCC(N6CCOCC6)CC5)cn4)ncc3nn21. The van der Waals surface area contributed by atoms with Crippen molar-refractivity contribution < 1.29 is 19.0 Å². The highest BCUT2D eigenvalue weighted by molar-refractivity contribution is 5.89. The van der Waals surface area contributed by atoms with Crippen molar-refractivity contribution in [3.05, 3.63) is 85.0 Å². The van der Waals surface area contributed by atoms with Crippen LogP contribution in [0.1, 0.15) is 177 Å². The zero-order chi connectivity index (χ0) is 74.8. The van der Waals surface area contributed by atoms with Gasteiger partial charge in [-0.2, -0.15) is 15.1 Å². The Kier molecular flexibility index (Phi) is 21.0. The maximum Gasteiger partial charge on any atom is 0.247 e. The van der Waals surface area contributed by atoms with Gasteiger partial charge >= 0.3 is 0 Å². The number of ether oxygens (including phenoxy) is 3. The molecule has 30 heteroatoms. The number of pyridine rings is 3. The number of fused-ring (bicyclic) bond motifs is 12. The zero-order valence-corrected chi connectivity index (χ0v) is 64.6. The molecule has 9 aromatic heterocycles. The second kappa shape index (κ2) is 32.3. The second-order valence-electron chi connectivity index (χ2n) is 33.1. The molecular formula is C82H106N26O4. The van der Waals surface area contributed by atoms with Crippen molar-refractivity contribution in [2.75, 3.05) is 149 Å². The van der Waals surface area contributed by atoms with Gasteiger partial charge in [0, 0.05) is 133 Å². The van der Waals surface area contributed by atoms with Gasteiger partial charge in [-0.25, -0.2) is 59.1 Å². The molecule has 12 aliphatic rings. The van der Waals surface area contributed by atoms with Crippen LogP contribution in [0.25, 0.3) is 27.8 Å². The number of hydrogen-bond donors (Lipinski definition) is 3. The number of hydrogen-bond acceptors (Lipinski definition) is 27. The zero-order valence-electron chi connectivity index (χ0n) is 64.6. The van der Waals surface area contributed by atoms with Crippen molar-refractivity contribution >= 4 is 110 Å². The van der Waals surface area contributed by atoms with Crippen LogP contribution in [-0.4, -0.2) is 243 Å². The van der Waals surface area contributed by atoms with E-state index in [0.29, 0.717) is 53.7 Å². The van der Waals surface area contributed by atoms with Crippen LogP contribution in [0.5, 0.6) is 0 Å². The maximum atomic E-state index is 12.7. The predicted octanol–water partition coefficient (Wildman–Crippen LogP) is 11.8. The van der Waals surface area contributed by atoms with E-state index in [1.807, 2.05) is 49.2 Å². The summed E-state index contributed by atoms with van der Waals surface area (Å²) in [6.45, 7) is 17.9. The number of carbonyl (C=O) groups is 1. The summed E-state index contributed by atoms with van der Waals surface area (Å²) in [6.07, 6.45) is 43.8. The molecule has 0 radical (unpaired) electrons. The number of aliphatic imine (C=N–C) groups is 2. The molecule has 0 bridgehead atoms. The molecule has 3 spiro atoms. The topological polar surface area (TPSA) is 294 Å². The van der Waals surface area contributed by atoms with Crippen molar-refractivity contribution in [1.82, 2.24) is 88.5 Å². The molecule has 112 heavy (non-hydrogen) atoms. The van der Waals surface area contributed by atoms with Crippen LogP contribution in [-0.2, 0) is 30.6 Å². The Bertz CT molecular complexity index is 4590. The summed E-state index contributed by atoms with van der Waals surface area (Å²) in [6, 6.07) is 14.5. The molecule has 9 fully saturated rings. The third kappa shape index (κ3) is 15.1. The summed E-state index contributed by atoms with van der Waals surface area (Å²) in [5.74, 6) is 5.41. The normalized spacial score (nSPS) is 22.5. The van der Waals surface area contributed by atoms with E-state index >= 15 is 0 Å². The molecule has 3 N–H and O–H groups in total. The number of nitrogens with zero attached hydrogens (tertiary/aromatic N) is 23. The van der Waals surface area contributed by atoms with Crippen LogP contribution in [0, 0.1) is 0 Å². The summed E-state index contributed by atoms with van der Waals surface area (Å²) in [5.41, 5.74) is 9.87. The van der Waals surface area contributed by atoms with E-state index in [9.17, 15) is 4.79 Å². The number of piperidine rings is 3. The standard InChI is InChI=1S/C28H36N8O2.2C27H35N9O/c37-24-6-11-28(9-2-1-3-10-28)26-25-22(33-36(24)26)19-30-27(32-25)31-23-5-4-21(18-29-23)34-12-7-20(8-13-34)35-14-16-38-17-15-35;1-2-8-27(9-3-1)10-11-28-26-31-22-19-30-25(33-24(22)36(26)27)32-23-5-4-21(18-29-23)34-12-6-20(7-13-34)35-14-16-37-17-15-35;1-2-8-27(9-3-1)10-11-28-24-23(27)25-32-26(30-19-36(25)33-24)31-22-5-4-21(18-29-22)34-12-6-20(7-13-34)35-14-16-37-17-15-35/h4-5,18-20H,1-3,6-17H2,(H,29,31,32);4-5,11,18-20H,1-3,6-10,12-17H2,(H,29,30,32,33);4-5,11,18-20H,1-3,6-10,12-17H2,(H,29,31,32). The number of anilines is 9. The monoisotopic (exact) mass is 1520 g/mol. The molecule has 0 amide bonds. The lowest BCUT2D eigenvalue weighted by molar-refractivity contribution is 0.0115. The van der Waals surface area contributed by atoms with Gasteiger partial charge in [-0.3, -0.25) is 24.1 Å². The van der Waals surface area contributed by atoms with E-state index in [-0.39, 0.29) is 22.3 Å². The number of nitrogens with one attached hydrogen (secondary N) is 3. The number of morpholine rings is 3. The van der Waals surface area contributed by atoms with Gasteiger partial charge in [0.25, 0.3) is 0 Å². The molecule has 0 unspecified atom stereocenters. The molecule has 18 heterocycles. The number of imidazole rings is 1. The summed E-state index contributed by atoms with van der Waals surface area (Å²) < 4.78 is 22.2. The molecule has 588 valence electrons. The van der Waals surface area contributed by atoms with Crippen LogP contribution >= 0.6 is 0 Å². The number of rotatable bonds is 12. The molecule has 9 aromatic rings. The molecule has 30 nitrogen and oxygen atoms in total. The van der Waals surface area contributed by atoms with Crippen LogP contribution in [0.2, 0.25) is 0 Å². The summed E-state index contributed by atoms with van der Waals surface area (Å²) >= 11 is 0. The van der Waals surface area contributed by atoms with Crippen molar-refractivity contribution in [3.8, 4) is 0 Å². The Morgan fingerprint density at radius 2 is 0.884 bits per heavy atom. The van der Waals surface area contributed by atoms with Crippen molar-refractivity contribution in [3.63, 3.8) is 0 Å². The Morgan fingerprint density at radius 1 is 0.420 bits per heavy atom. The minimum Gasteiger partial charge on any atom is -0.379 e. The number of aromatic nitrogens is 15. The van der Waals surface area contributed by atoms with Crippen LogP contribution in [0.4, 0.5) is 64.1 Å². The summed E-state index contributed by atoms with van der Waals surface area (Å²) in [4.78, 5) is 84.0. The van der Waals surface area contributed by atoms with E-state index in [4.69, 9.17) is 44.1 Å². The fourth-order valence-electron chi connectivity index (χ4n) is 20.5. The largest absolute Gasteiger partial charge is 0.379 e. The minimum absolute atomic E-state index is 0.00165. The highest BCUT2D eigenvalue weighted by Gasteiger charge is 2.45. The first kappa shape index (κ1) is 72.9. The minimum atomic E-state index is 0.00165. The third-order valence-electron chi connectivity index (χ3n) is 26.6. The second-order valence-corrected chi connectivity index (χ2v) is 33.1. The smallest absolute Gasteiger partial charge is 0.247 e. The fourth-order valence-corrected chi connectivity index (χ4v) is 20.5. The maximum absolute atomic E-state index is 12.7. The quantitative estimate of drug-likeness (QED) is 0.102. The van der Waals surface area contributed by atoms with Crippen LogP contribution < -0.4 is 30.7 Å². The first-order valence-corrected chi connectivity index (χ1v) is 42.0. The highest BCUT2D eigenvalue weighted by Crippen LogP contribution is 2.51. The van der Waals surface area contributed by atoms with Gasteiger partial charge in [0.15, 0.2) is 17.1 Å². The van der Waals surface area contributed by atoms with Gasteiger partial charge in [0.2, 0.25) is 29.7 Å². The molecule has 21 rings (SSSR count). The van der Waals surface area contributed by atoms with Gasteiger partial charge in [-0.1, -0.05) is 57.8 Å². The Morgan fingerprint density at radius 3 is 1.39 bits per heavy atom.